The Kier molecular flexibility index (Phi) is 5.12. The second-order valence-electron chi connectivity index (χ2n) is 7.51. The fourth-order valence-electron chi connectivity index (χ4n) is 2.82. The van der Waals surface area contributed by atoms with Crippen molar-refractivity contribution in [2.75, 3.05) is 0 Å². The predicted octanol–water partition coefficient (Wildman–Crippen LogP) is 0.794. The predicted molar refractivity (Wildman–Crippen MR) is 98.3 cm³/mol. The Morgan fingerprint density at radius 1 is 1.32 bits per heavy atom. The average molecular weight is 387 g/mol. The number of hydrogen-bond donors (Lipinski definition) is 2. The highest BCUT2D eigenvalue weighted by molar-refractivity contribution is 5.99. The van der Waals surface area contributed by atoms with Crippen molar-refractivity contribution in [3.8, 4) is 0 Å². The van der Waals surface area contributed by atoms with E-state index in [4.69, 9.17) is 4.74 Å². The second kappa shape index (κ2) is 7.37. The molecule has 1 aliphatic rings. The summed E-state index contributed by atoms with van der Waals surface area (Å²) in [7, 11) is 0. The van der Waals surface area contributed by atoms with E-state index in [0.29, 0.717) is 16.5 Å². The number of carbonyl (C=O) groups excluding carboxylic acids is 3. The molecule has 148 valence electrons. The highest BCUT2D eigenvalue weighted by Crippen LogP contribution is 2.17. The standard InChI is InChI=1S/C18H21N5O5/c1-18(2,3)28-17(27)19-9-10-4-5-11-12(8-10)21-22-23(16(11)26)13-6-7-14(24)20-15(13)25/h4-5,8,13H,6-7,9H2,1-3H3,(H,19,27)(H,20,24,25). The van der Waals surface area contributed by atoms with Crippen molar-refractivity contribution in [1.29, 1.82) is 0 Å². The van der Waals surface area contributed by atoms with Crippen LogP contribution in [-0.2, 0) is 20.9 Å². The molecule has 1 aromatic heterocycles. The molecular weight excluding hydrogens is 366 g/mol. The summed E-state index contributed by atoms with van der Waals surface area (Å²) in [5, 5.41) is 13.0. The van der Waals surface area contributed by atoms with Gasteiger partial charge >= 0.3 is 6.09 Å². The monoisotopic (exact) mass is 387 g/mol. The number of piperidine rings is 1. The molecule has 0 spiro atoms. The molecule has 1 aliphatic heterocycles. The number of nitrogens with zero attached hydrogens (tertiary/aromatic N) is 3. The highest BCUT2D eigenvalue weighted by Gasteiger charge is 2.30. The third kappa shape index (κ3) is 4.33. The zero-order valence-electron chi connectivity index (χ0n) is 15.8. The van der Waals surface area contributed by atoms with Gasteiger partial charge in [-0.15, -0.1) is 5.10 Å². The van der Waals surface area contributed by atoms with Crippen LogP contribution in [0.5, 0.6) is 0 Å². The minimum atomic E-state index is -0.865. The van der Waals surface area contributed by atoms with Crippen LogP contribution in [0.1, 0.15) is 45.2 Å². The Bertz CT molecular complexity index is 1010. The molecule has 3 amide bonds. The minimum Gasteiger partial charge on any atom is -0.444 e. The number of ether oxygens (including phenoxy) is 1. The van der Waals surface area contributed by atoms with Gasteiger partial charge in [-0.3, -0.25) is 19.7 Å². The van der Waals surface area contributed by atoms with Gasteiger partial charge < -0.3 is 10.1 Å². The lowest BCUT2D eigenvalue weighted by Crippen LogP contribution is -2.45. The van der Waals surface area contributed by atoms with Gasteiger partial charge in [0.1, 0.15) is 17.2 Å². The van der Waals surface area contributed by atoms with Gasteiger partial charge in [-0.05, 0) is 44.9 Å². The molecule has 1 aromatic carbocycles. The van der Waals surface area contributed by atoms with Crippen molar-refractivity contribution < 1.29 is 19.1 Å². The summed E-state index contributed by atoms with van der Waals surface area (Å²) >= 11 is 0. The maximum atomic E-state index is 12.7. The van der Waals surface area contributed by atoms with Gasteiger partial charge in [0.2, 0.25) is 5.91 Å². The first-order chi connectivity index (χ1) is 13.1. The number of amides is 3. The SMILES string of the molecule is CC(C)(C)OC(=O)NCc1ccc2c(=O)n(C3CCC(=O)NC3=O)nnc2c1. The van der Waals surface area contributed by atoms with Crippen LogP contribution in [0.25, 0.3) is 10.9 Å². The Morgan fingerprint density at radius 3 is 2.75 bits per heavy atom. The molecule has 0 aliphatic carbocycles. The molecule has 10 nitrogen and oxygen atoms in total. The van der Waals surface area contributed by atoms with Crippen molar-refractivity contribution in [2.24, 2.45) is 0 Å². The first-order valence-corrected chi connectivity index (χ1v) is 8.83. The van der Waals surface area contributed by atoms with Crippen LogP contribution in [0.15, 0.2) is 23.0 Å². The van der Waals surface area contributed by atoms with E-state index >= 15 is 0 Å². The number of rotatable bonds is 3. The van der Waals surface area contributed by atoms with Gasteiger partial charge in [-0.25, -0.2) is 4.79 Å². The van der Waals surface area contributed by atoms with E-state index in [-0.39, 0.29) is 25.3 Å². The van der Waals surface area contributed by atoms with E-state index in [2.05, 4.69) is 20.9 Å². The van der Waals surface area contributed by atoms with E-state index < -0.39 is 29.2 Å². The van der Waals surface area contributed by atoms with E-state index in [1.54, 1.807) is 39.0 Å². The van der Waals surface area contributed by atoms with Crippen molar-refractivity contribution in [2.45, 2.75) is 51.8 Å². The number of benzene rings is 1. The summed E-state index contributed by atoms with van der Waals surface area (Å²) in [4.78, 5) is 47.7. The van der Waals surface area contributed by atoms with Crippen molar-refractivity contribution >= 4 is 28.8 Å². The van der Waals surface area contributed by atoms with Crippen LogP contribution in [0.3, 0.4) is 0 Å². The van der Waals surface area contributed by atoms with Gasteiger partial charge in [0, 0.05) is 13.0 Å². The van der Waals surface area contributed by atoms with E-state index in [1.165, 1.54) is 0 Å². The molecule has 2 N–H and O–H groups in total. The molecule has 2 aromatic rings. The summed E-state index contributed by atoms with van der Waals surface area (Å²) in [5.41, 5.74) is -0.00551. The van der Waals surface area contributed by atoms with E-state index in [0.717, 1.165) is 4.68 Å². The molecule has 1 unspecified atom stereocenters. The van der Waals surface area contributed by atoms with Gasteiger partial charge in [0.15, 0.2) is 0 Å². The maximum Gasteiger partial charge on any atom is 0.407 e. The molecule has 0 saturated carbocycles. The lowest BCUT2D eigenvalue weighted by Gasteiger charge is -2.21. The van der Waals surface area contributed by atoms with Gasteiger partial charge in [-0.2, -0.15) is 4.68 Å². The molecule has 1 atom stereocenters. The van der Waals surface area contributed by atoms with Crippen molar-refractivity contribution in [3.63, 3.8) is 0 Å². The average Bonchev–Trinajstić information content (AvgIpc) is 2.59. The number of nitrogens with one attached hydrogen (secondary N) is 2. The molecule has 3 rings (SSSR count). The fourth-order valence-corrected chi connectivity index (χ4v) is 2.82. The molecule has 0 radical (unpaired) electrons. The van der Waals surface area contributed by atoms with Crippen LogP contribution in [0, 0.1) is 0 Å². The Balaban J connectivity index is 1.79. The molecule has 1 saturated heterocycles. The maximum absolute atomic E-state index is 12.7. The fraction of sp³-hybridized carbons (Fsp3) is 0.444. The third-order valence-electron chi connectivity index (χ3n) is 4.09. The first kappa shape index (κ1) is 19.5. The number of carbonyl (C=O) groups is 3. The summed E-state index contributed by atoms with van der Waals surface area (Å²) in [6.45, 7) is 5.51. The summed E-state index contributed by atoms with van der Waals surface area (Å²) in [6.07, 6.45) is -0.215. The normalized spacial score (nSPS) is 17.3. The lowest BCUT2D eigenvalue weighted by molar-refractivity contribution is -0.136. The van der Waals surface area contributed by atoms with E-state index in [1.807, 2.05) is 0 Å². The Hall–Kier alpha value is -3.30. The van der Waals surface area contributed by atoms with Gasteiger partial charge in [-0.1, -0.05) is 11.3 Å². The number of fused-ring (bicyclic) bond motifs is 1. The van der Waals surface area contributed by atoms with Gasteiger partial charge in [0.25, 0.3) is 11.5 Å². The van der Waals surface area contributed by atoms with Crippen LogP contribution in [0.2, 0.25) is 0 Å². The quantitative estimate of drug-likeness (QED) is 0.744. The lowest BCUT2D eigenvalue weighted by atomic mass is 10.1. The van der Waals surface area contributed by atoms with Crippen LogP contribution < -0.4 is 16.2 Å². The number of alkyl carbamates (subject to hydrolysis) is 1. The zero-order chi connectivity index (χ0) is 20.5. The van der Waals surface area contributed by atoms with Crippen LogP contribution >= 0.6 is 0 Å². The molecule has 10 heteroatoms. The molecule has 28 heavy (non-hydrogen) atoms. The minimum absolute atomic E-state index is 0.137. The third-order valence-corrected chi connectivity index (χ3v) is 4.09. The summed E-state index contributed by atoms with van der Waals surface area (Å²) < 4.78 is 6.18. The Labute approximate surface area is 160 Å². The first-order valence-electron chi connectivity index (χ1n) is 8.83. The summed E-state index contributed by atoms with van der Waals surface area (Å²) in [6, 6.07) is 4.02. The topological polar surface area (TPSA) is 132 Å². The number of hydrogen-bond acceptors (Lipinski definition) is 7. The molecular formula is C18H21N5O5. The molecule has 2 heterocycles. The zero-order valence-corrected chi connectivity index (χ0v) is 15.8. The Morgan fingerprint density at radius 2 is 2.07 bits per heavy atom. The molecule has 0 bridgehead atoms. The molecule has 1 fully saturated rings. The largest absolute Gasteiger partial charge is 0.444 e. The second-order valence-corrected chi connectivity index (χ2v) is 7.51. The van der Waals surface area contributed by atoms with Crippen LogP contribution in [0.4, 0.5) is 4.79 Å². The summed E-state index contributed by atoms with van der Waals surface area (Å²) in [5.74, 6) is -0.935. The van der Waals surface area contributed by atoms with Crippen molar-refractivity contribution in [1.82, 2.24) is 25.6 Å². The van der Waals surface area contributed by atoms with E-state index in [9.17, 15) is 19.2 Å². The van der Waals surface area contributed by atoms with Gasteiger partial charge in [0.05, 0.1) is 5.39 Å². The smallest absolute Gasteiger partial charge is 0.407 e. The highest BCUT2D eigenvalue weighted by atomic mass is 16.6. The van der Waals surface area contributed by atoms with Crippen molar-refractivity contribution in [3.05, 3.63) is 34.1 Å². The van der Waals surface area contributed by atoms with Crippen LogP contribution in [-0.4, -0.2) is 38.5 Å². The number of aromatic nitrogens is 3. The number of imide groups is 1.